The van der Waals surface area contributed by atoms with Gasteiger partial charge >= 0.3 is 7.12 Å². The van der Waals surface area contributed by atoms with E-state index in [-0.39, 0.29) is 11.2 Å². The zero-order valence-corrected chi connectivity index (χ0v) is 10.3. The van der Waals surface area contributed by atoms with E-state index in [1.165, 1.54) is 30.0 Å². The van der Waals surface area contributed by atoms with Crippen LogP contribution in [0, 0.1) is 22.8 Å². The summed E-state index contributed by atoms with van der Waals surface area (Å²) in [6, 6.07) is 6.22. The fraction of sp³-hybridized carbons (Fsp3) is 0.100. The molecule has 0 unspecified atom stereocenters. The van der Waals surface area contributed by atoms with Gasteiger partial charge in [-0.3, -0.25) is 5.32 Å². The number of nitrogens with zero attached hydrogens (tertiary/aromatic N) is 3. The molecule has 0 aliphatic carbocycles. The van der Waals surface area contributed by atoms with Gasteiger partial charge in [0.15, 0.2) is 11.4 Å². The van der Waals surface area contributed by atoms with Gasteiger partial charge in [0.25, 0.3) is 0 Å². The number of amidine groups is 1. The maximum absolute atomic E-state index is 9.19. The first kappa shape index (κ1) is 14.1. The van der Waals surface area contributed by atoms with Crippen molar-refractivity contribution in [2.75, 3.05) is 6.26 Å². The predicted molar refractivity (Wildman–Crippen MR) is 70.3 cm³/mol. The quantitative estimate of drug-likeness (QED) is 0.220. The molecule has 0 fully saturated rings. The van der Waals surface area contributed by atoms with Gasteiger partial charge < -0.3 is 10.0 Å². The van der Waals surface area contributed by atoms with Gasteiger partial charge in [0.05, 0.1) is 17.3 Å². The van der Waals surface area contributed by atoms with E-state index in [9.17, 15) is 10.0 Å². The van der Waals surface area contributed by atoms with Crippen LogP contribution in [0.2, 0.25) is 0 Å². The lowest BCUT2D eigenvalue weighted by Crippen LogP contribution is -2.30. The first-order valence-corrected chi connectivity index (χ1v) is 6.02. The van der Waals surface area contributed by atoms with Crippen LogP contribution in [0.3, 0.4) is 0 Å². The minimum absolute atomic E-state index is 0.167. The summed E-state index contributed by atoms with van der Waals surface area (Å²) in [5, 5.41) is 38.4. The highest BCUT2D eigenvalue weighted by Gasteiger charge is 2.16. The standard InChI is InChI=1S/C10H9BN4O2S/c1-18-10(14-6-13)15-9-4-7(5-12)2-3-8(9)11(16)17/h2-4,16-17H,1H3,(H,14,15). The minimum Gasteiger partial charge on any atom is -0.423 e. The van der Waals surface area contributed by atoms with Crippen LogP contribution < -0.4 is 10.8 Å². The Bertz CT molecular complexity index is 548. The van der Waals surface area contributed by atoms with Crippen molar-refractivity contribution >= 4 is 35.2 Å². The van der Waals surface area contributed by atoms with Crippen LogP contribution in [0.4, 0.5) is 5.69 Å². The normalized spacial score (nSPS) is 10.4. The molecule has 0 aliphatic heterocycles. The molecule has 1 aromatic rings. The zero-order chi connectivity index (χ0) is 13.5. The van der Waals surface area contributed by atoms with E-state index in [0.717, 1.165) is 0 Å². The summed E-state index contributed by atoms with van der Waals surface area (Å²) in [6.07, 6.45) is 3.44. The van der Waals surface area contributed by atoms with Gasteiger partial charge in [-0.1, -0.05) is 17.8 Å². The Morgan fingerprint density at radius 1 is 1.44 bits per heavy atom. The average Bonchev–Trinajstić information content (AvgIpc) is 2.37. The van der Waals surface area contributed by atoms with Crippen molar-refractivity contribution in [2.24, 2.45) is 4.99 Å². The van der Waals surface area contributed by atoms with Crippen LogP contribution in [-0.2, 0) is 0 Å². The van der Waals surface area contributed by atoms with E-state index in [1.54, 1.807) is 12.4 Å². The Hall–Kier alpha value is -2.00. The molecule has 0 amide bonds. The van der Waals surface area contributed by atoms with E-state index in [4.69, 9.17) is 10.5 Å². The molecule has 0 spiro atoms. The molecule has 0 saturated heterocycles. The summed E-state index contributed by atoms with van der Waals surface area (Å²) in [7, 11) is -1.69. The van der Waals surface area contributed by atoms with E-state index in [2.05, 4.69) is 10.3 Å². The van der Waals surface area contributed by atoms with Crippen LogP contribution in [-0.4, -0.2) is 28.6 Å². The smallest absolute Gasteiger partial charge is 0.423 e. The summed E-state index contributed by atoms with van der Waals surface area (Å²) in [6.45, 7) is 0. The van der Waals surface area contributed by atoms with E-state index in [0.29, 0.717) is 10.7 Å². The van der Waals surface area contributed by atoms with Gasteiger partial charge in [0.2, 0.25) is 0 Å². The van der Waals surface area contributed by atoms with Gasteiger partial charge in [0, 0.05) is 5.46 Å². The largest absolute Gasteiger partial charge is 0.490 e. The van der Waals surface area contributed by atoms with Crippen LogP contribution >= 0.6 is 11.8 Å². The molecule has 0 heterocycles. The molecular weight excluding hydrogens is 251 g/mol. The maximum Gasteiger partial charge on any atom is 0.490 e. The SMILES string of the molecule is CSC(=Nc1cc(C#N)ccc1B(O)O)NC#N. The summed E-state index contributed by atoms with van der Waals surface area (Å²) >= 11 is 1.19. The lowest BCUT2D eigenvalue weighted by molar-refractivity contribution is 0.426. The fourth-order valence-corrected chi connectivity index (χ4v) is 1.55. The summed E-state index contributed by atoms with van der Waals surface area (Å²) in [4.78, 5) is 4.07. The molecule has 1 aromatic carbocycles. The summed E-state index contributed by atoms with van der Waals surface area (Å²) in [5.74, 6) is 0. The van der Waals surface area contributed by atoms with Crippen molar-refractivity contribution < 1.29 is 10.0 Å². The van der Waals surface area contributed by atoms with Gasteiger partial charge in [0.1, 0.15) is 0 Å². The highest BCUT2D eigenvalue weighted by molar-refractivity contribution is 8.13. The molecule has 0 atom stereocenters. The van der Waals surface area contributed by atoms with Crippen molar-refractivity contribution in [3.8, 4) is 12.3 Å². The number of rotatable bonds is 2. The van der Waals surface area contributed by atoms with Gasteiger partial charge in [-0.25, -0.2) is 4.99 Å². The number of hydrogen-bond acceptors (Lipinski definition) is 6. The van der Waals surface area contributed by atoms with Crippen molar-refractivity contribution in [3.63, 3.8) is 0 Å². The number of aliphatic imine (C=N–C) groups is 1. The molecule has 0 saturated carbocycles. The molecule has 0 aromatic heterocycles. The molecule has 6 nitrogen and oxygen atoms in total. The molecule has 0 bridgehead atoms. The third-order valence-corrected chi connectivity index (χ3v) is 2.60. The Labute approximate surface area is 109 Å². The number of thioether (sulfide) groups is 1. The first-order chi connectivity index (χ1) is 8.62. The third kappa shape index (κ3) is 3.50. The lowest BCUT2D eigenvalue weighted by Gasteiger charge is -2.06. The second kappa shape index (κ2) is 6.67. The van der Waals surface area contributed by atoms with Crippen molar-refractivity contribution in [3.05, 3.63) is 23.8 Å². The fourth-order valence-electron chi connectivity index (χ4n) is 1.21. The molecule has 18 heavy (non-hydrogen) atoms. The van der Waals surface area contributed by atoms with Crippen LogP contribution in [0.1, 0.15) is 5.56 Å². The maximum atomic E-state index is 9.19. The van der Waals surface area contributed by atoms with Gasteiger partial charge in [-0.2, -0.15) is 10.5 Å². The second-order valence-corrected chi connectivity index (χ2v) is 3.91. The zero-order valence-electron chi connectivity index (χ0n) is 9.45. The topological polar surface area (TPSA) is 112 Å². The van der Waals surface area contributed by atoms with Crippen LogP contribution in [0.25, 0.3) is 0 Å². The summed E-state index contributed by atoms with van der Waals surface area (Å²) < 4.78 is 0. The highest BCUT2D eigenvalue weighted by Crippen LogP contribution is 2.14. The lowest BCUT2D eigenvalue weighted by atomic mass is 9.78. The molecule has 8 heteroatoms. The van der Waals surface area contributed by atoms with E-state index >= 15 is 0 Å². The molecule has 90 valence electrons. The molecule has 3 N–H and O–H groups in total. The number of hydrogen-bond donors (Lipinski definition) is 3. The number of benzene rings is 1. The molecular formula is C10H9BN4O2S. The monoisotopic (exact) mass is 260 g/mol. The van der Waals surface area contributed by atoms with Crippen molar-refractivity contribution in [2.45, 2.75) is 0 Å². The highest BCUT2D eigenvalue weighted by atomic mass is 32.2. The Balaban J connectivity index is 3.28. The van der Waals surface area contributed by atoms with Gasteiger partial charge in [-0.05, 0) is 18.4 Å². The number of nitrogens with one attached hydrogen (secondary N) is 1. The molecule has 0 radical (unpaired) electrons. The summed E-state index contributed by atoms with van der Waals surface area (Å²) in [5.41, 5.74) is 0.743. The average molecular weight is 260 g/mol. The Morgan fingerprint density at radius 2 is 2.17 bits per heavy atom. The van der Waals surface area contributed by atoms with Crippen LogP contribution in [0.15, 0.2) is 23.2 Å². The third-order valence-electron chi connectivity index (χ3n) is 2.02. The van der Waals surface area contributed by atoms with E-state index < -0.39 is 7.12 Å². The van der Waals surface area contributed by atoms with Crippen molar-refractivity contribution in [1.82, 2.24) is 5.32 Å². The van der Waals surface area contributed by atoms with Crippen molar-refractivity contribution in [1.29, 1.82) is 10.5 Å². The molecule has 1 rings (SSSR count). The number of nitriles is 2. The molecule has 0 aliphatic rings. The van der Waals surface area contributed by atoms with Crippen LogP contribution in [0.5, 0.6) is 0 Å². The predicted octanol–water partition coefficient (Wildman–Crippen LogP) is -0.341. The first-order valence-electron chi connectivity index (χ1n) is 4.80. The van der Waals surface area contributed by atoms with Gasteiger partial charge in [-0.15, -0.1) is 0 Å². The second-order valence-electron chi connectivity index (χ2n) is 3.12. The minimum atomic E-state index is -1.69. The Morgan fingerprint density at radius 3 is 2.67 bits per heavy atom. The Kier molecular flexibility index (Phi) is 5.21. The van der Waals surface area contributed by atoms with E-state index in [1.807, 2.05) is 6.07 Å².